The van der Waals surface area contributed by atoms with Crippen LogP contribution in [0.4, 0.5) is 0 Å². The highest BCUT2D eigenvalue weighted by Gasteiger charge is 2.76. The predicted molar refractivity (Wildman–Crippen MR) is 163 cm³/mol. The standard InChI is InChI=1S/C32H35BrN2O5S/c1-3-5-17-40-31(39)25-26-29(37)35(24(20-36)22-14-10-7-11-15-22)28(32(26)18-23(33)27(25)41-32)30(38)34(16-4-2)19-21-12-8-6-9-13-21/h3-4,6-15,23-28,36H,1-2,5,16-20H2/t23?,24-,25+,26+,27+,28?,32?/m1/s1. The number of alkyl halides is 1. The second-order valence-corrected chi connectivity index (χ2v) is 13.5. The fourth-order valence-corrected chi connectivity index (χ4v) is 10.3. The Morgan fingerprint density at radius 2 is 1.83 bits per heavy atom. The average molecular weight is 640 g/mol. The summed E-state index contributed by atoms with van der Waals surface area (Å²) < 4.78 is 4.76. The quantitative estimate of drug-likeness (QED) is 0.159. The summed E-state index contributed by atoms with van der Waals surface area (Å²) >= 11 is 5.35. The number of ether oxygens (including phenoxy) is 1. The first kappa shape index (κ1) is 29.6. The van der Waals surface area contributed by atoms with Gasteiger partial charge in [0.25, 0.3) is 0 Å². The van der Waals surface area contributed by atoms with Crippen LogP contribution in [0.2, 0.25) is 0 Å². The van der Waals surface area contributed by atoms with Gasteiger partial charge in [-0.25, -0.2) is 0 Å². The van der Waals surface area contributed by atoms with Gasteiger partial charge in [-0.3, -0.25) is 14.4 Å². The SMILES string of the molecule is C=CCCOC(=O)[C@H]1[C@H]2C(=O)N([C@H](CO)c3ccccc3)C(C(=O)N(CC=C)Cc3ccccc3)C23CC(Br)[C@@H]1S3. The van der Waals surface area contributed by atoms with E-state index in [4.69, 9.17) is 4.74 Å². The van der Waals surface area contributed by atoms with Gasteiger partial charge in [0.2, 0.25) is 11.8 Å². The molecule has 3 aliphatic rings. The topological polar surface area (TPSA) is 87.1 Å². The Bertz CT molecular complexity index is 1290. The van der Waals surface area contributed by atoms with Crippen LogP contribution in [0, 0.1) is 11.8 Å². The number of esters is 1. The van der Waals surface area contributed by atoms with E-state index in [-0.39, 0.29) is 35.1 Å². The Hall–Kier alpha value is -2.88. The van der Waals surface area contributed by atoms with Crippen LogP contribution in [0.5, 0.6) is 0 Å². The number of hydrogen-bond donors (Lipinski definition) is 1. The van der Waals surface area contributed by atoms with Gasteiger partial charge in [-0.05, 0) is 24.0 Å². The number of carbonyl (C=O) groups is 3. The number of thioether (sulfide) groups is 1. The van der Waals surface area contributed by atoms with Crippen molar-refractivity contribution in [1.82, 2.24) is 9.80 Å². The number of aliphatic hydroxyl groups excluding tert-OH is 1. The first-order chi connectivity index (χ1) is 19.9. The third kappa shape index (κ3) is 5.28. The van der Waals surface area contributed by atoms with Gasteiger partial charge in [0.15, 0.2) is 0 Å². The molecule has 2 amide bonds. The van der Waals surface area contributed by atoms with E-state index in [1.165, 1.54) is 0 Å². The van der Waals surface area contributed by atoms with Crippen LogP contribution in [0.15, 0.2) is 86.0 Å². The Morgan fingerprint density at radius 3 is 2.46 bits per heavy atom. The molecule has 1 spiro atoms. The van der Waals surface area contributed by atoms with E-state index in [9.17, 15) is 19.5 Å². The molecule has 2 bridgehead atoms. The van der Waals surface area contributed by atoms with Gasteiger partial charge in [-0.1, -0.05) is 88.7 Å². The van der Waals surface area contributed by atoms with Gasteiger partial charge in [-0.2, -0.15) is 0 Å². The summed E-state index contributed by atoms with van der Waals surface area (Å²) in [5, 5.41) is 10.5. The van der Waals surface area contributed by atoms with E-state index >= 15 is 0 Å². The van der Waals surface area contributed by atoms with Gasteiger partial charge in [0.1, 0.15) is 6.04 Å². The van der Waals surface area contributed by atoms with E-state index < -0.39 is 34.6 Å². The number of nitrogens with zero attached hydrogens (tertiary/aromatic N) is 2. The number of rotatable bonds is 12. The van der Waals surface area contributed by atoms with Gasteiger partial charge >= 0.3 is 5.97 Å². The molecule has 3 unspecified atom stereocenters. The molecule has 1 N–H and O–H groups in total. The molecular weight excluding hydrogens is 604 g/mol. The smallest absolute Gasteiger partial charge is 0.310 e. The molecule has 0 aromatic heterocycles. The van der Waals surface area contributed by atoms with E-state index in [1.54, 1.807) is 33.7 Å². The minimum atomic E-state index is -0.887. The fourth-order valence-electron chi connectivity index (χ4n) is 6.69. The fraction of sp³-hybridized carbons (Fsp3) is 0.406. The highest BCUT2D eigenvalue weighted by molar-refractivity contribution is 9.09. The number of carbonyl (C=O) groups excluding carboxylic acids is 3. The Morgan fingerprint density at radius 1 is 1.15 bits per heavy atom. The van der Waals surface area contributed by atoms with E-state index in [0.717, 1.165) is 11.1 Å². The Kier molecular flexibility index (Phi) is 9.06. The molecule has 216 valence electrons. The summed E-state index contributed by atoms with van der Waals surface area (Å²) in [5.74, 6) is -2.37. The minimum absolute atomic E-state index is 0.0740. The Labute approximate surface area is 253 Å². The van der Waals surface area contributed by atoms with Crippen molar-refractivity contribution >= 4 is 45.5 Å². The van der Waals surface area contributed by atoms with Gasteiger partial charge in [0.05, 0.1) is 35.8 Å². The lowest BCUT2D eigenvalue weighted by Crippen LogP contribution is -2.56. The monoisotopic (exact) mass is 638 g/mol. The zero-order valence-corrected chi connectivity index (χ0v) is 25.2. The molecule has 5 rings (SSSR count). The number of hydrogen-bond acceptors (Lipinski definition) is 6. The van der Waals surface area contributed by atoms with Crippen LogP contribution in [0.1, 0.15) is 30.0 Å². The third-order valence-electron chi connectivity index (χ3n) is 8.37. The summed E-state index contributed by atoms with van der Waals surface area (Å²) in [5.41, 5.74) is 1.69. The normalized spacial score (nSPS) is 28.7. The first-order valence-corrected chi connectivity index (χ1v) is 15.7. The molecule has 7 nitrogen and oxygen atoms in total. The number of aliphatic hydroxyl groups is 1. The number of halogens is 1. The van der Waals surface area contributed by atoms with Crippen molar-refractivity contribution in [1.29, 1.82) is 0 Å². The van der Waals surface area contributed by atoms with E-state index in [1.807, 2.05) is 60.7 Å². The summed E-state index contributed by atoms with van der Waals surface area (Å²) in [4.78, 5) is 45.9. The van der Waals surface area contributed by atoms with Crippen molar-refractivity contribution in [3.8, 4) is 0 Å². The third-order valence-corrected chi connectivity index (χ3v) is 11.6. The minimum Gasteiger partial charge on any atom is -0.465 e. The maximum atomic E-state index is 14.7. The summed E-state index contributed by atoms with van der Waals surface area (Å²) in [7, 11) is 0. The summed E-state index contributed by atoms with van der Waals surface area (Å²) in [6.45, 7) is 8.05. The number of benzene rings is 2. The lowest BCUT2D eigenvalue weighted by molar-refractivity contribution is -0.154. The van der Waals surface area contributed by atoms with Crippen molar-refractivity contribution in [2.75, 3.05) is 19.8 Å². The first-order valence-electron chi connectivity index (χ1n) is 13.9. The molecular formula is C32H35BrN2O5S. The lowest BCUT2D eigenvalue weighted by atomic mass is 9.71. The number of amides is 2. The van der Waals surface area contributed by atoms with Crippen LogP contribution >= 0.6 is 27.7 Å². The van der Waals surface area contributed by atoms with Crippen LogP contribution in [-0.2, 0) is 25.7 Å². The zero-order chi connectivity index (χ0) is 29.1. The molecule has 3 aliphatic heterocycles. The van der Waals surface area contributed by atoms with Crippen LogP contribution in [0.3, 0.4) is 0 Å². The predicted octanol–water partition coefficient (Wildman–Crippen LogP) is 4.52. The largest absolute Gasteiger partial charge is 0.465 e. The van der Waals surface area contributed by atoms with Crippen molar-refractivity contribution < 1.29 is 24.2 Å². The highest BCUT2D eigenvalue weighted by Crippen LogP contribution is 2.68. The molecule has 41 heavy (non-hydrogen) atoms. The van der Waals surface area contributed by atoms with Gasteiger partial charge < -0.3 is 19.6 Å². The molecule has 9 heteroatoms. The molecule has 0 radical (unpaired) electrons. The second kappa shape index (κ2) is 12.5. The zero-order valence-electron chi connectivity index (χ0n) is 22.8. The van der Waals surface area contributed by atoms with Crippen LogP contribution in [-0.4, -0.2) is 73.3 Å². The van der Waals surface area contributed by atoms with Crippen molar-refractivity contribution in [2.24, 2.45) is 11.8 Å². The maximum absolute atomic E-state index is 14.7. The van der Waals surface area contributed by atoms with Crippen LogP contribution < -0.4 is 0 Å². The lowest BCUT2D eigenvalue weighted by Gasteiger charge is -2.40. The summed E-state index contributed by atoms with van der Waals surface area (Å²) in [6, 6.07) is 17.3. The van der Waals surface area contributed by atoms with Crippen molar-refractivity contribution in [3.05, 3.63) is 97.1 Å². The molecule has 3 saturated heterocycles. The molecule has 7 atom stereocenters. The van der Waals surface area contributed by atoms with Crippen molar-refractivity contribution in [3.63, 3.8) is 0 Å². The highest BCUT2D eigenvalue weighted by atomic mass is 79.9. The molecule has 2 aromatic rings. The molecule has 3 heterocycles. The second-order valence-electron chi connectivity index (χ2n) is 10.8. The molecule has 0 saturated carbocycles. The van der Waals surface area contributed by atoms with E-state index in [0.29, 0.717) is 25.9 Å². The molecule has 2 aromatic carbocycles. The van der Waals surface area contributed by atoms with Crippen molar-refractivity contribution in [2.45, 2.75) is 46.3 Å². The van der Waals surface area contributed by atoms with E-state index in [2.05, 4.69) is 29.1 Å². The number of fused-ring (bicyclic) bond motifs is 1. The summed E-state index contributed by atoms with van der Waals surface area (Å²) in [6.07, 6.45) is 4.43. The number of likely N-dealkylation sites (tertiary alicyclic amines) is 1. The molecule has 0 aliphatic carbocycles. The average Bonchev–Trinajstić information content (AvgIpc) is 3.58. The molecule has 3 fully saturated rings. The maximum Gasteiger partial charge on any atom is 0.310 e. The van der Waals surface area contributed by atoms with Gasteiger partial charge in [0, 0.05) is 23.2 Å². The Balaban J connectivity index is 1.59. The van der Waals surface area contributed by atoms with Gasteiger partial charge in [-0.15, -0.1) is 24.9 Å². The van der Waals surface area contributed by atoms with Crippen LogP contribution in [0.25, 0.3) is 0 Å².